The summed E-state index contributed by atoms with van der Waals surface area (Å²) in [4.78, 5) is 31.3. The molecule has 1 aromatic rings. The third kappa shape index (κ3) is 5.12. The van der Waals surface area contributed by atoms with E-state index in [0.29, 0.717) is 19.2 Å². The molecule has 9 nitrogen and oxygen atoms in total. The van der Waals surface area contributed by atoms with Crippen molar-refractivity contribution in [3.05, 3.63) is 18.0 Å². The highest BCUT2D eigenvalue weighted by Gasteiger charge is 2.48. The van der Waals surface area contributed by atoms with Crippen molar-refractivity contribution in [1.29, 1.82) is 0 Å². The second-order valence-electron chi connectivity index (χ2n) is 7.90. The van der Waals surface area contributed by atoms with Gasteiger partial charge in [-0.25, -0.2) is 9.97 Å². The van der Waals surface area contributed by atoms with E-state index in [1.807, 2.05) is 6.07 Å². The Labute approximate surface area is 168 Å². The van der Waals surface area contributed by atoms with Gasteiger partial charge in [0.1, 0.15) is 12.2 Å². The third-order valence-corrected chi connectivity index (χ3v) is 5.50. The molecule has 2 fully saturated rings. The van der Waals surface area contributed by atoms with Crippen molar-refractivity contribution >= 4 is 29.6 Å². The number of anilines is 1. The Morgan fingerprint density at radius 2 is 1.89 bits per heavy atom. The fraction of sp³-hybridized carbons (Fsp3) is 0.667. The van der Waals surface area contributed by atoms with Gasteiger partial charge in [0.15, 0.2) is 0 Å². The van der Waals surface area contributed by atoms with Crippen LogP contribution >= 0.6 is 11.8 Å². The van der Waals surface area contributed by atoms with E-state index in [1.165, 1.54) is 0 Å². The van der Waals surface area contributed by atoms with Crippen LogP contribution in [0.25, 0.3) is 0 Å². The lowest BCUT2D eigenvalue weighted by atomic mass is 9.92. The number of rotatable bonds is 7. The van der Waals surface area contributed by atoms with Gasteiger partial charge in [0.2, 0.25) is 11.9 Å². The topological polar surface area (TPSA) is 126 Å². The van der Waals surface area contributed by atoms with E-state index in [4.69, 9.17) is 9.47 Å². The summed E-state index contributed by atoms with van der Waals surface area (Å²) in [6.07, 6.45) is 1.24. The molecule has 2 N–H and O–H groups in total. The van der Waals surface area contributed by atoms with Crippen molar-refractivity contribution in [2.75, 3.05) is 30.0 Å². The molecule has 2 aliphatic heterocycles. The van der Waals surface area contributed by atoms with E-state index in [2.05, 4.69) is 41.4 Å². The van der Waals surface area contributed by atoms with Crippen LogP contribution in [-0.2, 0) is 24.5 Å². The second kappa shape index (κ2) is 8.62. The smallest absolute Gasteiger partial charge is 0.230 e. The molecule has 0 bridgehead atoms. The molecule has 154 valence electrons. The third-order valence-electron chi connectivity index (χ3n) is 4.59. The normalized spacial score (nSPS) is 26.7. The summed E-state index contributed by atoms with van der Waals surface area (Å²) in [5, 5.41) is 16.6. The van der Waals surface area contributed by atoms with Gasteiger partial charge in [0.05, 0.1) is 42.7 Å². The zero-order valence-electron chi connectivity index (χ0n) is 16.1. The summed E-state index contributed by atoms with van der Waals surface area (Å²) in [7, 11) is 0. The SMILES string of the molecule is CC(C)(C)c1ccnc(N[C@H]2CO[C@H]3[C@@H]2OC[C@@H]3NC(=O)CSCC(=O)[O-])n1. The van der Waals surface area contributed by atoms with Gasteiger partial charge in [-0.1, -0.05) is 20.8 Å². The first-order valence-corrected chi connectivity index (χ1v) is 10.3. The molecular formula is C18H25N4O5S-. The predicted octanol–water partition coefficient (Wildman–Crippen LogP) is -0.680. The molecule has 0 unspecified atom stereocenters. The van der Waals surface area contributed by atoms with Crippen molar-refractivity contribution in [3.8, 4) is 0 Å². The number of thioether (sulfide) groups is 1. The van der Waals surface area contributed by atoms with Crippen LogP contribution in [0, 0.1) is 0 Å². The number of ether oxygens (including phenoxy) is 2. The number of nitrogens with one attached hydrogen (secondary N) is 2. The van der Waals surface area contributed by atoms with E-state index >= 15 is 0 Å². The first-order chi connectivity index (χ1) is 13.2. The molecule has 2 aliphatic rings. The summed E-state index contributed by atoms with van der Waals surface area (Å²) >= 11 is 0.999. The van der Waals surface area contributed by atoms with Gasteiger partial charge in [-0.15, -0.1) is 11.8 Å². The van der Waals surface area contributed by atoms with Crippen LogP contribution < -0.4 is 15.7 Å². The number of fused-ring (bicyclic) bond motifs is 1. The summed E-state index contributed by atoms with van der Waals surface area (Å²) < 4.78 is 11.7. The zero-order chi connectivity index (χ0) is 20.3. The molecule has 0 aliphatic carbocycles. The predicted molar refractivity (Wildman–Crippen MR) is 102 cm³/mol. The van der Waals surface area contributed by atoms with Crippen LogP contribution in [0.1, 0.15) is 26.5 Å². The van der Waals surface area contributed by atoms with Crippen LogP contribution in [0.2, 0.25) is 0 Å². The van der Waals surface area contributed by atoms with E-state index in [-0.39, 0.29) is 47.1 Å². The fourth-order valence-corrected chi connectivity index (χ4v) is 3.77. The van der Waals surface area contributed by atoms with Gasteiger partial charge in [0.25, 0.3) is 0 Å². The minimum absolute atomic E-state index is 0.0526. The van der Waals surface area contributed by atoms with E-state index < -0.39 is 5.97 Å². The van der Waals surface area contributed by atoms with Crippen LogP contribution in [-0.4, -0.2) is 70.9 Å². The number of hydrogen-bond donors (Lipinski definition) is 2. The van der Waals surface area contributed by atoms with Crippen molar-refractivity contribution in [3.63, 3.8) is 0 Å². The lowest BCUT2D eigenvalue weighted by Crippen LogP contribution is -2.45. The number of amides is 1. The lowest BCUT2D eigenvalue weighted by molar-refractivity contribution is -0.301. The fourth-order valence-electron chi connectivity index (χ4n) is 3.23. The first-order valence-electron chi connectivity index (χ1n) is 9.14. The molecule has 10 heteroatoms. The van der Waals surface area contributed by atoms with Crippen molar-refractivity contribution in [1.82, 2.24) is 15.3 Å². The van der Waals surface area contributed by atoms with Crippen molar-refractivity contribution in [2.24, 2.45) is 0 Å². The number of aliphatic carboxylic acids is 1. The number of carboxylic acids is 1. The van der Waals surface area contributed by atoms with Crippen LogP contribution in [0.4, 0.5) is 5.95 Å². The van der Waals surface area contributed by atoms with Gasteiger partial charge in [0, 0.05) is 17.4 Å². The molecule has 1 amide bonds. The number of carboxylic acid groups (broad SMARTS) is 1. The Bertz CT molecular complexity index is 726. The Morgan fingerprint density at radius 1 is 1.21 bits per heavy atom. The minimum Gasteiger partial charge on any atom is -0.549 e. The molecule has 2 saturated heterocycles. The molecule has 0 spiro atoms. The van der Waals surface area contributed by atoms with Crippen LogP contribution in [0.5, 0.6) is 0 Å². The quantitative estimate of drug-likeness (QED) is 0.602. The first kappa shape index (κ1) is 20.8. The molecule has 4 atom stereocenters. The largest absolute Gasteiger partial charge is 0.549 e. The number of nitrogens with zero attached hydrogens (tertiary/aromatic N) is 2. The average molecular weight is 409 g/mol. The number of carbonyl (C=O) groups is 2. The second-order valence-corrected chi connectivity index (χ2v) is 8.89. The maximum absolute atomic E-state index is 12.0. The Kier molecular flexibility index (Phi) is 6.41. The monoisotopic (exact) mass is 409 g/mol. The number of carbonyl (C=O) groups excluding carboxylic acids is 2. The van der Waals surface area contributed by atoms with Gasteiger partial charge in [-0.05, 0) is 6.07 Å². The molecule has 3 heterocycles. The highest BCUT2D eigenvalue weighted by Crippen LogP contribution is 2.29. The highest BCUT2D eigenvalue weighted by atomic mass is 32.2. The van der Waals surface area contributed by atoms with Crippen LogP contribution in [0.3, 0.4) is 0 Å². The van der Waals surface area contributed by atoms with E-state index in [9.17, 15) is 14.7 Å². The molecule has 1 aromatic heterocycles. The van der Waals surface area contributed by atoms with Crippen molar-refractivity contribution < 1.29 is 24.2 Å². The Hall–Kier alpha value is -1.91. The molecule has 0 aromatic carbocycles. The Balaban J connectivity index is 1.54. The lowest BCUT2D eigenvalue weighted by Gasteiger charge is -2.21. The maximum atomic E-state index is 12.0. The number of hydrogen-bond acceptors (Lipinski definition) is 9. The molecule has 0 radical (unpaired) electrons. The van der Waals surface area contributed by atoms with Gasteiger partial charge in [-0.2, -0.15) is 0 Å². The van der Waals surface area contributed by atoms with Gasteiger partial charge >= 0.3 is 0 Å². The standard InChI is InChI=1S/C18H26N4O5S/c1-18(2,3)12-4-5-19-17(22-12)21-11-7-27-15-10(6-26-16(11)15)20-13(23)8-28-9-14(24)25/h4-5,10-11,15-16H,6-9H2,1-3H3,(H,20,23)(H,24,25)(H,19,21,22)/p-1/t10-,11-,15+,16+/m0/s1. The average Bonchev–Trinajstić information content (AvgIpc) is 3.18. The van der Waals surface area contributed by atoms with Crippen LogP contribution in [0.15, 0.2) is 12.3 Å². The molecule has 0 saturated carbocycles. The molecular weight excluding hydrogens is 384 g/mol. The van der Waals surface area contributed by atoms with Crippen molar-refractivity contribution in [2.45, 2.75) is 50.5 Å². The summed E-state index contributed by atoms with van der Waals surface area (Å²) in [6, 6.07) is 1.51. The summed E-state index contributed by atoms with van der Waals surface area (Å²) in [5.74, 6) is -1.07. The summed E-state index contributed by atoms with van der Waals surface area (Å²) in [5.41, 5.74) is 0.856. The minimum atomic E-state index is -1.19. The molecule has 3 rings (SSSR count). The van der Waals surface area contributed by atoms with Gasteiger partial charge < -0.3 is 30.0 Å². The zero-order valence-corrected chi connectivity index (χ0v) is 17.0. The maximum Gasteiger partial charge on any atom is 0.230 e. The highest BCUT2D eigenvalue weighted by molar-refractivity contribution is 8.00. The number of aromatic nitrogens is 2. The summed E-state index contributed by atoms with van der Waals surface area (Å²) in [6.45, 7) is 7.03. The Morgan fingerprint density at radius 3 is 2.57 bits per heavy atom. The van der Waals surface area contributed by atoms with E-state index in [1.54, 1.807) is 6.20 Å². The van der Waals surface area contributed by atoms with E-state index in [0.717, 1.165) is 17.5 Å². The molecule has 28 heavy (non-hydrogen) atoms. The van der Waals surface area contributed by atoms with Gasteiger partial charge in [-0.3, -0.25) is 4.79 Å².